The number of piperazine rings is 1. The fourth-order valence-electron chi connectivity index (χ4n) is 4.20. The van der Waals surface area contributed by atoms with Gasteiger partial charge < -0.3 is 19.9 Å². The van der Waals surface area contributed by atoms with Gasteiger partial charge in [-0.3, -0.25) is 14.8 Å². The first-order valence-electron chi connectivity index (χ1n) is 10.4. The third-order valence-corrected chi connectivity index (χ3v) is 6.03. The van der Waals surface area contributed by atoms with Crippen molar-refractivity contribution in [2.24, 2.45) is 4.99 Å². The van der Waals surface area contributed by atoms with Crippen LogP contribution in [0.25, 0.3) is 0 Å². The molecule has 0 bridgehead atoms. The molecule has 0 aromatic heterocycles. The van der Waals surface area contributed by atoms with Gasteiger partial charge in [0.05, 0.1) is 19.8 Å². The number of likely N-dealkylation sites (N-methyl/N-ethyl adjacent to an activating group) is 1. The van der Waals surface area contributed by atoms with Crippen molar-refractivity contribution >= 4 is 5.96 Å². The second-order valence-electron chi connectivity index (χ2n) is 7.92. The summed E-state index contributed by atoms with van der Waals surface area (Å²) < 4.78 is 5.50. The number of morpholine rings is 1. The molecule has 0 saturated carbocycles. The first kappa shape index (κ1) is 19.9. The number of hydrogen-bond donors (Lipinski definition) is 1. The second-order valence-corrected chi connectivity index (χ2v) is 7.92. The molecule has 3 saturated heterocycles. The van der Waals surface area contributed by atoms with Crippen LogP contribution in [0.2, 0.25) is 0 Å². The number of likely N-dealkylation sites (tertiary alicyclic amines) is 1. The summed E-state index contributed by atoms with van der Waals surface area (Å²) in [5.74, 6) is 1.10. The van der Waals surface area contributed by atoms with Gasteiger partial charge in [-0.25, -0.2) is 0 Å². The van der Waals surface area contributed by atoms with Crippen molar-refractivity contribution in [1.82, 2.24) is 24.9 Å². The lowest BCUT2D eigenvalue weighted by molar-refractivity contribution is 0.0195. The molecule has 1 N–H and O–H groups in total. The monoisotopic (exact) mass is 366 g/mol. The average Bonchev–Trinajstić information content (AvgIpc) is 3.16. The van der Waals surface area contributed by atoms with Crippen LogP contribution in [-0.2, 0) is 4.74 Å². The fraction of sp³-hybridized carbons (Fsp3) is 0.947. The van der Waals surface area contributed by atoms with Crippen LogP contribution in [0.1, 0.15) is 20.3 Å². The first-order chi connectivity index (χ1) is 12.7. The smallest absolute Gasteiger partial charge is 0.194 e. The minimum absolute atomic E-state index is 0.509. The molecule has 0 aromatic rings. The quantitative estimate of drug-likeness (QED) is 0.546. The molecule has 150 valence electrons. The van der Waals surface area contributed by atoms with Crippen LogP contribution in [0, 0.1) is 0 Å². The van der Waals surface area contributed by atoms with Crippen molar-refractivity contribution in [2.75, 3.05) is 85.7 Å². The summed E-state index contributed by atoms with van der Waals surface area (Å²) in [6, 6.07) is 1.16. The maximum absolute atomic E-state index is 5.50. The normalized spacial score (nSPS) is 28.5. The van der Waals surface area contributed by atoms with Gasteiger partial charge in [-0.15, -0.1) is 0 Å². The van der Waals surface area contributed by atoms with Crippen LogP contribution in [-0.4, -0.2) is 123 Å². The van der Waals surface area contributed by atoms with Crippen LogP contribution < -0.4 is 5.32 Å². The summed E-state index contributed by atoms with van der Waals surface area (Å²) in [7, 11) is 2.21. The summed E-state index contributed by atoms with van der Waals surface area (Å²) in [6.07, 6.45) is 1.23. The van der Waals surface area contributed by atoms with Gasteiger partial charge >= 0.3 is 0 Å². The molecule has 0 aliphatic carbocycles. The Balaban J connectivity index is 1.52. The molecule has 2 atom stereocenters. The molecule has 3 rings (SSSR count). The highest BCUT2D eigenvalue weighted by atomic mass is 16.5. The first-order valence-corrected chi connectivity index (χ1v) is 10.4. The van der Waals surface area contributed by atoms with Crippen LogP contribution in [0.4, 0.5) is 0 Å². The van der Waals surface area contributed by atoms with E-state index in [4.69, 9.17) is 9.73 Å². The predicted octanol–water partition coefficient (Wildman–Crippen LogP) is -0.00570. The van der Waals surface area contributed by atoms with Crippen molar-refractivity contribution in [3.05, 3.63) is 0 Å². The zero-order chi connectivity index (χ0) is 18.4. The van der Waals surface area contributed by atoms with Crippen molar-refractivity contribution in [2.45, 2.75) is 32.4 Å². The van der Waals surface area contributed by atoms with Crippen molar-refractivity contribution in [1.29, 1.82) is 0 Å². The van der Waals surface area contributed by atoms with Crippen LogP contribution >= 0.6 is 0 Å². The Bertz CT molecular complexity index is 445. The molecule has 0 radical (unpaired) electrons. The lowest BCUT2D eigenvalue weighted by Crippen LogP contribution is -2.49. The lowest BCUT2D eigenvalue weighted by atomic mass is 10.2. The molecule has 7 heteroatoms. The Morgan fingerprint density at radius 3 is 2.54 bits per heavy atom. The van der Waals surface area contributed by atoms with Gasteiger partial charge in [-0.2, -0.15) is 0 Å². The van der Waals surface area contributed by atoms with Gasteiger partial charge in [-0.1, -0.05) is 0 Å². The highest BCUT2D eigenvalue weighted by Crippen LogP contribution is 2.17. The largest absolute Gasteiger partial charge is 0.379 e. The standard InChI is InChI=1S/C19H38N6O/c1-4-20-19(21-15-17(2)23-9-7-22(3)8-10-23)25-6-5-18(16-25)24-11-13-26-14-12-24/h17-18H,4-16H2,1-3H3,(H,20,21). The SMILES string of the molecule is CCNC(=NCC(C)N1CCN(C)CC1)N1CCC(N2CCOCC2)C1. The van der Waals surface area contributed by atoms with Crippen molar-refractivity contribution in [3.63, 3.8) is 0 Å². The number of aliphatic imine (C=N–C) groups is 1. The zero-order valence-electron chi connectivity index (χ0n) is 17.0. The number of nitrogens with one attached hydrogen (secondary N) is 1. The highest BCUT2D eigenvalue weighted by molar-refractivity contribution is 5.80. The van der Waals surface area contributed by atoms with Gasteiger partial charge in [0.2, 0.25) is 0 Å². The molecule has 7 nitrogen and oxygen atoms in total. The van der Waals surface area contributed by atoms with Gasteiger partial charge in [0, 0.05) is 71.0 Å². The van der Waals surface area contributed by atoms with Crippen molar-refractivity contribution < 1.29 is 4.74 Å². The Hall–Kier alpha value is -0.890. The Morgan fingerprint density at radius 2 is 1.85 bits per heavy atom. The van der Waals surface area contributed by atoms with E-state index >= 15 is 0 Å². The minimum atomic E-state index is 0.509. The predicted molar refractivity (Wildman–Crippen MR) is 107 cm³/mol. The summed E-state index contributed by atoms with van der Waals surface area (Å²) in [4.78, 5) is 15.0. The van der Waals surface area contributed by atoms with Gasteiger partial charge in [0.1, 0.15) is 0 Å². The number of nitrogens with zero attached hydrogens (tertiary/aromatic N) is 5. The molecule has 0 aromatic carbocycles. The van der Waals surface area contributed by atoms with E-state index in [0.717, 1.165) is 71.5 Å². The lowest BCUT2D eigenvalue weighted by Gasteiger charge is -2.36. The highest BCUT2D eigenvalue weighted by Gasteiger charge is 2.30. The number of rotatable bonds is 5. The van der Waals surface area contributed by atoms with E-state index < -0.39 is 0 Å². The Kier molecular flexibility index (Phi) is 7.54. The van der Waals surface area contributed by atoms with Gasteiger partial charge in [0.25, 0.3) is 0 Å². The van der Waals surface area contributed by atoms with Gasteiger partial charge in [0.15, 0.2) is 5.96 Å². The summed E-state index contributed by atoms with van der Waals surface area (Å²) in [5, 5.41) is 3.52. The molecule has 26 heavy (non-hydrogen) atoms. The minimum Gasteiger partial charge on any atom is -0.379 e. The molecular formula is C19H38N6O. The third kappa shape index (κ3) is 5.31. The average molecular weight is 367 g/mol. The maximum atomic E-state index is 5.50. The summed E-state index contributed by atoms with van der Waals surface area (Å²) in [6.45, 7) is 17.1. The molecule has 3 fully saturated rings. The molecule has 0 spiro atoms. The Labute approximate surface area is 159 Å². The maximum Gasteiger partial charge on any atom is 0.194 e. The van der Waals surface area contributed by atoms with E-state index in [1.807, 2.05) is 0 Å². The molecule has 3 aliphatic heterocycles. The molecule has 3 heterocycles. The molecule has 2 unspecified atom stereocenters. The van der Waals surface area contributed by atoms with E-state index in [9.17, 15) is 0 Å². The fourth-order valence-corrected chi connectivity index (χ4v) is 4.20. The van der Waals surface area contributed by atoms with E-state index in [2.05, 4.69) is 45.8 Å². The van der Waals surface area contributed by atoms with Crippen molar-refractivity contribution in [3.8, 4) is 0 Å². The van der Waals surface area contributed by atoms with E-state index in [0.29, 0.717) is 12.1 Å². The van der Waals surface area contributed by atoms with Gasteiger partial charge in [-0.05, 0) is 27.3 Å². The number of hydrogen-bond acceptors (Lipinski definition) is 5. The van der Waals surface area contributed by atoms with Crippen LogP contribution in [0.3, 0.4) is 0 Å². The Morgan fingerprint density at radius 1 is 1.12 bits per heavy atom. The second kappa shape index (κ2) is 9.88. The van der Waals surface area contributed by atoms with E-state index in [-0.39, 0.29) is 0 Å². The molecular weight excluding hydrogens is 328 g/mol. The van der Waals surface area contributed by atoms with Crippen LogP contribution in [0.5, 0.6) is 0 Å². The summed E-state index contributed by atoms with van der Waals surface area (Å²) >= 11 is 0. The van der Waals surface area contributed by atoms with Crippen LogP contribution in [0.15, 0.2) is 4.99 Å². The zero-order valence-corrected chi connectivity index (χ0v) is 17.0. The number of ether oxygens (including phenoxy) is 1. The molecule has 3 aliphatic rings. The summed E-state index contributed by atoms with van der Waals surface area (Å²) in [5.41, 5.74) is 0. The number of guanidine groups is 1. The van der Waals surface area contributed by atoms with E-state index in [1.165, 1.54) is 19.5 Å². The molecule has 0 amide bonds. The third-order valence-electron chi connectivity index (χ3n) is 6.03. The topological polar surface area (TPSA) is 46.6 Å². The van der Waals surface area contributed by atoms with E-state index in [1.54, 1.807) is 0 Å².